The molecule has 4 nitrogen and oxygen atoms in total. The van der Waals surface area contributed by atoms with E-state index in [-0.39, 0.29) is 6.10 Å². The second-order valence-electron chi connectivity index (χ2n) is 17.2. The molecule has 1 aromatic heterocycles. The van der Waals surface area contributed by atoms with Crippen LogP contribution in [-0.2, 0) is 24.0 Å². The van der Waals surface area contributed by atoms with Gasteiger partial charge >= 0.3 is 0 Å². The zero-order valence-corrected chi connectivity index (χ0v) is 32.3. The minimum atomic E-state index is -0.523. The van der Waals surface area contributed by atoms with E-state index in [9.17, 15) is 5.11 Å². The van der Waals surface area contributed by atoms with Gasteiger partial charge in [0, 0.05) is 18.6 Å². The summed E-state index contributed by atoms with van der Waals surface area (Å²) >= 11 is 0. The van der Waals surface area contributed by atoms with Crippen LogP contribution >= 0.6 is 0 Å². The number of aliphatic hydroxyl groups is 1. The third kappa shape index (κ3) is 11.6. The Labute approximate surface area is 307 Å². The lowest BCUT2D eigenvalue weighted by Gasteiger charge is -2.36. The van der Waals surface area contributed by atoms with E-state index in [4.69, 9.17) is 14.1 Å². The van der Waals surface area contributed by atoms with E-state index in [0.29, 0.717) is 12.1 Å². The number of hydrogen-bond donors (Lipinski definition) is 1. The van der Waals surface area contributed by atoms with Crippen LogP contribution in [0.25, 0.3) is 0 Å². The summed E-state index contributed by atoms with van der Waals surface area (Å²) in [5.74, 6) is 2.17. The average Bonchev–Trinajstić information content (AvgIpc) is 3.44. The van der Waals surface area contributed by atoms with Crippen molar-refractivity contribution >= 4 is 5.71 Å². The Hall–Kier alpha value is -1.39. The van der Waals surface area contributed by atoms with Crippen molar-refractivity contribution in [2.24, 2.45) is 4.99 Å². The van der Waals surface area contributed by atoms with Crippen molar-refractivity contribution in [3.05, 3.63) is 33.8 Å². The van der Waals surface area contributed by atoms with Crippen LogP contribution in [0.1, 0.15) is 234 Å². The van der Waals surface area contributed by atoms with E-state index in [2.05, 4.69) is 0 Å². The summed E-state index contributed by atoms with van der Waals surface area (Å²) in [5.41, 5.74) is 7.52. The molecule has 4 atom stereocenters. The van der Waals surface area contributed by atoms with Gasteiger partial charge in [0.15, 0.2) is 0 Å². The van der Waals surface area contributed by atoms with Crippen LogP contribution in [0.3, 0.4) is 0 Å². The molecule has 0 aromatic carbocycles. The van der Waals surface area contributed by atoms with Gasteiger partial charge in [-0.05, 0) is 114 Å². The number of aliphatic imine (C=N–C) groups is 1. The third-order valence-electron chi connectivity index (χ3n) is 13.3. The quantitative estimate of drug-likeness (QED) is 0.276. The van der Waals surface area contributed by atoms with Crippen molar-refractivity contribution in [1.29, 1.82) is 0 Å². The molecule has 1 N–H and O–H groups in total. The summed E-state index contributed by atoms with van der Waals surface area (Å²) in [4.78, 5) is 5.56. The molecule has 0 spiro atoms. The number of allylic oxidation sites excluding steroid dienone is 1. The van der Waals surface area contributed by atoms with E-state index in [1.165, 1.54) is 196 Å². The maximum atomic E-state index is 12.1. The lowest BCUT2D eigenvalue weighted by Crippen LogP contribution is -2.42. The van der Waals surface area contributed by atoms with Gasteiger partial charge in [-0.25, -0.2) is 0 Å². The van der Waals surface area contributed by atoms with E-state index in [0.717, 1.165) is 57.1 Å². The molecule has 2 heterocycles. The van der Waals surface area contributed by atoms with Gasteiger partial charge in [-0.3, -0.25) is 4.99 Å². The third-order valence-corrected chi connectivity index (χ3v) is 13.3. The Bertz CT molecular complexity index is 1190. The minimum Gasteiger partial charge on any atom is -0.463 e. The van der Waals surface area contributed by atoms with Gasteiger partial charge in [0.2, 0.25) is 0 Å². The number of furan rings is 1. The Morgan fingerprint density at radius 3 is 1.68 bits per heavy atom. The molecular formula is C46H75NO3. The molecular weight excluding hydrogens is 615 g/mol. The predicted molar refractivity (Wildman–Crippen MR) is 209 cm³/mol. The minimum absolute atomic E-state index is 0.196. The second-order valence-corrected chi connectivity index (χ2v) is 17.2. The SMILES string of the molecule is OC1C/C2=C(\CCCCCCc3c1oc1c3CCCCCCCCCC1)CCCCCC1=NC3CCCCCCCCCCC3OC1CCC2. The summed E-state index contributed by atoms with van der Waals surface area (Å²) in [5, 5.41) is 12.1. The molecule has 1 aromatic rings. The molecule has 0 radical (unpaired) electrons. The summed E-state index contributed by atoms with van der Waals surface area (Å²) in [6.45, 7) is 0. The summed E-state index contributed by atoms with van der Waals surface area (Å²) in [7, 11) is 0. The van der Waals surface area contributed by atoms with Gasteiger partial charge in [-0.1, -0.05) is 120 Å². The summed E-state index contributed by atoms with van der Waals surface area (Å²) in [6.07, 6.45) is 43.8. The monoisotopic (exact) mass is 690 g/mol. The first kappa shape index (κ1) is 38.3. The van der Waals surface area contributed by atoms with Gasteiger partial charge in [0.05, 0.1) is 18.2 Å². The van der Waals surface area contributed by atoms with Crippen molar-refractivity contribution in [1.82, 2.24) is 0 Å². The highest BCUT2D eigenvalue weighted by atomic mass is 16.5. The van der Waals surface area contributed by atoms with Crippen LogP contribution in [0.5, 0.6) is 0 Å². The van der Waals surface area contributed by atoms with Crippen LogP contribution in [0, 0.1) is 0 Å². The van der Waals surface area contributed by atoms with Crippen LogP contribution in [-0.4, -0.2) is 29.1 Å². The van der Waals surface area contributed by atoms with Crippen LogP contribution in [0.15, 0.2) is 20.6 Å². The number of hydrogen-bond acceptors (Lipinski definition) is 4. The zero-order chi connectivity index (χ0) is 34.2. The van der Waals surface area contributed by atoms with Crippen molar-refractivity contribution in [2.45, 2.75) is 249 Å². The summed E-state index contributed by atoms with van der Waals surface area (Å²) < 4.78 is 13.9. The van der Waals surface area contributed by atoms with Crippen LogP contribution < -0.4 is 0 Å². The molecule has 6 rings (SSSR count). The Kier molecular flexibility index (Phi) is 16.4. The van der Waals surface area contributed by atoms with Gasteiger partial charge in [-0.15, -0.1) is 0 Å². The Morgan fingerprint density at radius 2 is 0.980 bits per heavy atom. The first-order valence-corrected chi connectivity index (χ1v) is 22.5. The highest BCUT2D eigenvalue weighted by molar-refractivity contribution is 5.89. The Morgan fingerprint density at radius 1 is 0.460 bits per heavy atom. The molecule has 1 fully saturated rings. The number of rotatable bonds is 0. The molecule has 4 aliphatic carbocycles. The lowest BCUT2D eigenvalue weighted by atomic mass is 9.86. The van der Waals surface area contributed by atoms with Crippen molar-refractivity contribution in [2.75, 3.05) is 0 Å². The molecule has 0 bridgehead atoms. The van der Waals surface area contributed by atoms with E-state index >= 15 is 0 Å². The largest absolute Gasteiger partial charge is 0.463 e. The maximum Gasteiger partial charge on any atom is 0.136 e. The molecule has 282 valence electrons. The van der Waals surface area contributed by atoms with Gasteiger partial charge in [-0.2, -0.15) is 0 Å². The number of ether oxygens (including phenoxy) is 1. The van der Waals surface area contributed by atoms with Crippen molar-refractivity contribution < 1.29 is 14.3 Å². The lowest BCUT2D eigenvalue weighted by molar-refractivity contribution is -0.0161. The van der Waals surface area contributed by atoms with E-state index < -0.39 is 6.10 Å². The molecule has 1 aliphatic heterocycles. The number of nitrogens with zero attached hydrogens (tertiary/aromatic N) is 1. The van der Waals surface area contributed by atoms with Crippen molar-refractivity contribution in [3.63, 3.8) is 0 Å². The van der Waals surface area contributed by atoms with Gasteiger partial charge in [0.1, 0.15) is 17.6 Å². The predicted octanol–water partition coefficient (Wildman–Crippen LogP) is 13.4. The maximum absolute atomic E-state index is 12.1. The number of aryl methyl sites for hydroxylation is 1. The molecule has 50 heavy (non-hydrogen) atoms. The zero-order valence-electron chi connectivity index (χ0n) is 32.3. The smallest absolute Gasteiger partial charge is 0.136 e. The van der Waals surface area contributed by atoms with Crippen LogP contribution in [0.2, 0.25) is 0 Å². The van der Waals surface area contributed by atoms with Crippen molar-refractivity contribution in [3.8, 4) is 0 Å². The standard InChI is InChI=1S/C46H75NO3/c48-42-35-37-27-24-34-45-41(47-40-30-20-10-6-2-4-8-12-23-33-44(40)49-45)31-21-15-17-26-36(37)25-16-13-14-19-29-39-38-28-18-9-5-1-3-7-11-22-32-43(38)50-46(39)42/h40,42,44-45,48H,1-35H2/b37-36+. The molecule has 0 amide bonds. The first-order valence-electron chi connectivity index (χ1n) is 22.5. The fourth-order valence-electron chi connectivity index (χ4n) is 10.3. The summed E-state index contributed by atoms with van der Waals surface area (Å²) in [6, 6.07) is 0.383. The number of aliphatic hydroxyl groups excluding tert-OH is 1. The highest BCUT2D eigenvalue weighted by Crippen LogP contribution is 2.39. The van der Waals surface area contributed by atoms with E-state index in [1.54, 1.807) is 11.1 Å². The van der Waals surface area contributed by atoms with Crippen LogP contribution in [0.4, 0.5) is 0 Å². The fraction of sp³-hybridized carbons (Fsp3) is 0.848. The normalized spacial score (nSPS) is 31.5. The van der Waals surface area contributed by atoms with E-state index in [1.807, 2.05) is 0 Å². The molecule has 0 saturated heterocycles. The molecule has 1 saturated carbocycles. The first-order chi connectivity index (χ1) is 24.8. The molecule has 5 aliphatic rings. The highest BCUT2D eigenvalue weighted by Gasteiger charge is 2.33. The topological polar surface area (TPSA) is 55.0 Å². The molecule has 4 unspecified atom stereocenters. The fourth-order valence-corrected chi connectivity index (χ4v) is 10.3. The van der Waals surface area contributed by atoms with Gasteiger partial charge in [0.25, 0.3) is 0 Å². The average molecular weight is 690 g/mol. The molecule has 4 heteroatoms. The Balaban J connectivity index is 1.20. The van der Waals surface area contributed by atoms with Gasteiger partial charge < -0.3 is 14.3 Å². The number of fused-ring (bicyclic) bond motifs is 5. The second kappa shape index (κ2) is 21.3.